The van der Waals surface area contributed by atoms with Crippen molar-refractivity contribution in [2.75, 3.05) is 11.5 Å². The van der Waals surface area contributed by atoms with Crippen molar-refractivity contribution in [3.63, 3.8) is 0 Å². The highest BCUT2D eigenvalue weighted by Gasteiger charge is 2.42. The lowest BCUT2D eigenvalue weighted by Gasteiger charge is -2.19. The van der Waals surface area contributed by atoms with E-state index >= 15 is 18.4 Å². The number of aryl methyl sites for hydroxylation is 2. The number of carbonyl (C=O) groups is 2. The molecule has 1 aliphatic carbocycles. The van der Waals surface area contributed by atoms with Crippen LogP contribution >= 0.6 is 114 Å². The van der Waals surface area contributed by atoms with Gasteiger partial charge in [0.1, 0.15) is 11.6 Å². The highest BCUT2D eigenvalue weighted by atomic mass is 32.2. The number of benzene rings is 1. The standard InChI is InChI=1S/C70H82F2O2S10.H3N/c1-11-19-23-41(15-5)32-53-59-60(54(80-53)33-42(16-6)24-20-12-2)64(74)62-61(63(59)73)67(50-28-27-39(9)77-50)84-68(62)51-30-29-49(79-51)52-34-46-58(56-36-48(72)70(83-56)76-38-44(18-8)26-22-14-4)65-45(31-40(10)78-65)57(66(46)81-52)55-35-47(71)69(82-55)75-37-43(17-7)25-21-13-3;/h27-31,34-36,41-44H,11-26,32-33,37-38H2,1-10H3;1H3. The zero-order valence-electron chi connectivity index (χ0n) is 51.4. The monoisotopic (exact) mass is 1330 g/mol. The van der Waals surface area contributed by atoms with Crippen LogP contribution in [-0.2, 0) is 12.8 Å². The van der Waals surface area contributed by atoms with Crippen molar-refractivity contribution in [2.45, 2.75) is 193 Å². The van der Waals surface area contributed by atoms with Crippen LogP contribution in [0.4, 0.5) is 8.78 Å². The number of hydrogen-bond donors (Lipinski definition) is 1. The summed E-state index contributed by atoms with van der Waals surface area (Å²) in [6.07, 6.45) is 19.8. The number of fused-ring (bicyclic) bond motifs is 4. The first kappa shape index (κ1) is 66.6. The highest BCUT2D eigenvalue weighted by Crippen LogP contribution is 2.57. The summed E-state index contributed by atoms with van der Waals surface area (Å²) in [5, 5.41) is 2.14. The van der Waals surface area contributed by atoms with E-state index in [1.54, 1.807) is 126 Å². The van der Waals surface area contributed by atoms with E-state index in [4.69, 9.17) is 0 Å². The maximum Gasteiger partial charge on any atom is 0.197 e. The smallest absolute Gasteiger partial charge is 0.197 e. The molecule has 0 saturated heterocycles. The number of hydrogen-bond acceptors (Lipinski definition) is 13. The molecular formula is C70H85F2NO2S10. The maximum absolute atomic E-state index is 16.5. The Kier molecular flexibility index (Phi) is 23.8. The number of ketones is 2. The van der Waals surface area contributed by atoms with Crippen LogP contribution < -0.4 is 6.15 Å². The zero-order valence-corrected chi connectivity index (χ0v) is 59.6. The molecule has 0 spiro atoms. The van der Waals surface area contributed by atoms with Gasteiger partial charge in [-0.1, -0.05) is 145 Å². The molecular weight excluding hydrogens is 1250 g/mol. The lowest BCUT2D eigenvalue weighted by Crippen LogP contribution is -2.22. The molecule has 1 aliphatic rings. The number of rotatable bonds is 31. The van der Waals surface area contributed by atoms with Crippen molar-refractivity contribution in [3.05, 3.63) is 102 Å². The first-order valence-electron chi connectivity index (χ1n) is 31.2. The summed E-state index contributed by atoms with van der Waals surface area (Å²) in [6.45, 7) is 22.3. The highest BCUT2D eigenvalue weighted by molar-refractivity contribution is 8.01. The summed E-state index contributed by atoms with van der Waals surface area (Å²) in [7, 11) is 0. The quantitative estimate of drug-likeness (QED) is 0.0439. The first-order chi connectivity index (χ1) is 40.8. The molecule has 8 aromatic heterocycles. The molecule has 0 aliphatic heterocycles. The van der Waals surface area contributed by atoms with Gasteiger partial charge in [-0.3, -0.25) is 9.59 Å². The van der Waals surface area contributed by atoms with Gasteiger partial charge in [0.05, 0.1) is 29.3 Å². The Balaban J connectivity index is 0.00000865. The molecule has 456 valence electrons. The Morgan fingerprint density at radius 1 is 0.412 bits per heavy atom. The van der Waals surface area contributed by atoms with Gasteiger partial charge < -0.3 is 6.15 Å². The van der Waals surface area contributed by atoms with Gasteiger partial charge in [-0.2, -0.15) is 0 Å². The van der Waals surface area contributed by atoms with Crippen molar-refractivity contribution in [3.8, 4) is 50.1 Å². The minimum atomic E-state index is -0.158. The maximum atomic E-state index is 16.5. The Hall–Kier alpha value is -2.80. The molecule has 15 heteroatoms. The topological polar surface area (TPSA) is 69.1 Å². The molecule has 8 heterocycles. The summed E-state index contributed by atoms with van der Waals surface area (Å²) >= 11 is 16.7. The van der Waals surface area contributed by atoms with Crippen LogP contribution in [0.2, 0.25) is 0 Å². The van der Waals surface area contributed by atoms with Gasteiger partial charge in [0, 0.05) is 103 Å². The minimum absolute atomic E-state index is 0. The number of thiophene rings is 8. The van der Waals surface area contributed by atoms with Gasteiger partial charge >= 0.3 is 0 Å². The second-order valence-corrected chi connectivity index (χ2v) is 34.9. The molecule has 4 atom stereocenters. The predicted octanol–water partition coefficient (Wildman–Crippen LogP) is 26.8. The number of unbranched alkanes of at least 4 members (excludes halogenated alkanes) is 4. The summed E-state index contributed by atoms with van der Waals surface area (Å²) in [4.78, 5) is 44.0. The van der Waals surface area contributed by atoms with Crippen LogP contribution in [-0.4, -0.2) is 23.1 Å². The molecule has 0 bridgehead atoms. The van der Waals surface area contributed by atoms with Crippen LogP contribution in [0.3, 0.4) is 0 Å². The molecule has 9 aromatic rings. The van der Waals surface area contributed by atoms with Crippen molar-refractivity contribution >= 4 is 146 Å². The lowest BCUT2D eigenvalue weighted by atomic mass is 9.81. The number of halogens is 2. The Bertz CT molecular complexity index is 3620. The summed E-state index contributed by atoms with van der Waals surface area (Å²) in [5.41, 5.74) is 4.62. The minimum Gasteiger partial charge on any atom is -0.344 e. The fraction of sp³-hybridized carbons (Fsp3) is 0.486. The van der Waals surface area contributed by atoms with Gasteiger partial charge in [-0.05, 0) is 112 Å². The van der Waals surface area contributed by atoms with Gasteiger partial charge in [0.25, 0.3) is 0 Å². The Morgan fingerprint density at radius 2 is 0.847 bits per heavy atom. The first-order valence-corrected chi connectivity index (χ1v) is 39.7. The summed E-state index contributed by atoms with van der Waals surface area (Å²) in [5.74, 6) is 3.50. The average molecular weight is 1330 g/mol. The zero-order chi connectivity index (χ0) is 59.3. The molecule has 4 unspecified atom stereocenters. The fourth-order valence-corrected chi connectivity index (χ4v) is 24.7. The van der Waals surface area contributed by atoms with Crippen LogP contribution in [0.1, 0.15) is 209 Å². The van der Waals surface area contributed by atoms with Gasteiger partial charge in [0.2, 0.25) is 0 Å². The molecule has 0 fully saturated rings. The van der Waals surface area contributed by atoms with E-state index in [2.05, 4.69) is 106 Å². The SMILES string of the molecule is CCCCC(CC)CSc1sc(-c2c3cc(-c4ccc(-c5sc(-c6ccc(C)s6)c6c5C(=O)c5c(CC(CC)CCCC)sc(CC(CC)CCCC)c5C6=O)s4)sc3c(-c3cc(F)c(SCC(CC)CCCC)s3)c3cc(C)sc23)cc1F.N. The van der Waals surface area contributed by atoms with Crippen LogP contribution in [0.15, 0.2) is 56.9 Å². The normalized spacial score (nSPS) is 14.0. The van der Waals surface area contributed by atoms with Crippen LogP contribution in [0.25, 0.3) is 70.3 Å². The summed E-state index contributed by atoms with van der Waals surface area (Å²) in [6, 6.07) is 16.7. The van der Waals surface area contributed by atoms with E-state index in [1.807, 2.05) is 0 Å². The van der Waals surface area contributed by atoms with Gasteiger partial charge in [-0.15, -0.1) is 114 Å². The molecule has 1 aromatic carbocycles. The Morgan fingerprint density at radius 3 is 1.31 bits per heavy atom. The molecule has 0 amide bonds. The fourth-order valence-electron chi connectivity index (χ4n) is 12.2. The second kappa shape index (κ2) is 30.3. The Labute approximate surface area is 545 Å². The third-order valence-electron chi connectivity index (χ3n) is 17.3. The van der Waals surface area contributed by atoms with E-state index in [0.717, 1.165) is 208 Å². The third kappa shape index (κ3) is 14.2. The van der Waals surface area contributed by atoms with E-state index in [1.165, 1.54) is 17.7 Å². The van der Waals surface area contributed by atoms with E-state index in [9.17, 15) is 0 Å². The van der Waals surface area contributed by atoms with Crippen molar-refractivity contribution in [2.24, 2.45) is 23.7 Å². The van der Waals surface area contributed by atoms with E-state index < -0.39 is 0 Å². The van der Waals surface area contributed by atoms with Crippen LogP contribution in [0.5, 0.6) is 0 Å². The lowest BCUT2D eigenvalue weighted by molar-refractivity contribution is 0.0980. The van der Waals surface area contributed by atoms with Crippen molar-refractivity contribution in [1.29, 1.82) is 0 Å². The molecule has 0 saturated carbocycles. The largest absolute Gasteiger partial charge is 0.344 e. The number of carbonyl (C=O) groups excluding carboxylic acids is 2. The molecule has 3 nitrogen and oxygen atoms in total. The van der Waals surface area contributed by atoms with E-state index in [-0.39, 0.29) is 29.4 Å². The van der Waals surface area contributed by atoms with E-state index in [0.29, 0.717) is 45.9 Å². The number of thioether (sulfide) groups is 2. The molecule has 3 N–H and O–H groups in total. The predicted molar refractivity (Wildman–Crippen MR) is 381 cm³/mol. The van der Waals surface area contributed by atoms with Crippen LogP contribution in [0, 0.1) is 49.2 Å². The summed E-state index contributed by atoms with van der Waals surface area (Å²) < 4.78 is 36.6. The van der Waals surface area contributed by atoms with Gasteiger partial charge in [0.15, 0.2) is 11.6 Å². The average Bonchev–Trinajstić information content (AvgIpc) is 1.66. The third-order valence-corrected chi connectivity index (χ3v) is 29.8. The second-order valence-electron chi connectivity index (χ2n) is 23.3. The molecule has 0 radical (unpaired) electrons. The van der Waals surface area contributed by atoms with Crippen molar-refractivity contribution in [1.82, 2.24) is 6.15 Å². The van der Waals surface area contributed by atoms with Crippen molar-refractivity contribution < 1.29 is 18.4 Å². The van der Waals surface area contributed by atoms with Gasteiger partial charge in [-0.25, -0.2) is 8.78 Å². The molecule has 10 rings (SSSR count). The molecule has 85 heavy (non-hydrogen) atoms.